The first-order chi connectivity index (χ1) is 12.9. The van der Waals surface area contributed by atoms with E-state index in [4.69, 9.17) is 9.47 Å². The lowest BCUT2D eigenvalue weighted by Gasteiger charge is -2.16. The van der Waals surface area contributed by atoms with E-state index in [-0.39, 0.29) is 11.3 Å². The molecule has 0 spiro atoms. The van der Waals surface area contributed by atoms with Crippen LogP contribution in [-0.4, -0.2) is 37.4 Å². The number of ketones is 1. The number of rotatable bonds is 8. The third-order valence-corrected chi connectivity index (χ3v) is 4.09. The summed E-state index contributed by atoms with van der Waals surface area (Å²) in [5.74, 6) is -0.764. The van der Waals surface area contributed by atoms with Gasteiger partial charge in [-0.1, -0.05) is 36.4 Å². The number of benzene rings is 2. The zero-order valence-corrected chi connectivity index (χ0v) is 15.7. The molecule has 0 aliphatic heterocycles. The van der Waals surface area contributed by atoms with Crippen LogP contribution >= 0.6 is 0 Å². The van der Waals surface area contributed by atoms with Gasteiger partial charge in [-0.15, -0.1) is 0 Å². The fourth-order valence-corrected chi connectivity index (χ4v) is 2.54. The SMILES string of the molecule is COc1cc(C(=O)OCC(=O)N[C@H](Cc2ccccc2)C(C)=O)ccc1C. The van der Waals surface area contributed by atoms with Crippen molar-refractivity contribution in [1.82, 2.24) is 5.32 Å². The topological polar surface area (TPSA) is 81.7 Å². The third kappa shape index (κ3) is 5.95. The van der Waals surface area contributed by atoms with Gasteiger partial charge in [-0.3, -0.25) is 9.59 Å². The lowest BCUT2D eigenvalue weighted by Crippen LogP contribution is -2.43. The van der Waals surface area contributed by atoms with Crippen molar-refractivity contribution in [3.63, 3.8) is 0 Å². The van der Waals surface area contributed by atoms with Crippen molar-refractivity contribution in [1.29, 1.82) is 0 Å². The summed E-state index contributed by atoms with van der Waals surface area (Å²) in [4.78, 5) is 36.0. The van der Waals surface area contributed by atoms with E-state index in [1.165, 1.54) is 14.0 Å². The molecule has 0 bridgehead atoms. The minimum Gasteiger partial charge on any atom is -0.496 e. The summed E-state index contributed by atoms with van der Waals surface area (Å²) in [6.45, 7) is 2.81. The van der Waals surface area contributed by atoms with E-state index in [0.717, 1.165) is 11.1 Å². The molecule has 0 aromatic heterocycles. The second-order valence-corrected chi connectivity index (χ2v) is 6.18. The number of hydrogen-bond acceptors (Lipinski definition) is 5. The smallest absolute Gasteiger partial charge is 0.338 e. The molecule has 0 saturated carbocycles. The predicted octanol–water partition coefficient (Wildman–Crippen LogP) is 2.48. The molecular weight excluding hydrogens is 346 g/mol. The summed E-state index contributed by atoms with van der Waals surface area (Å²) in [6, 6.07) is 13.6. The van der Waals surface area contributed by atoms with Crippen LogP contribution in [0.1, 0.15) is 28.4 Å². The molecule has 6 nitrogen and oxygen atoms in total. The molecule has 142 valence electrons. The molecule has 27 heavy (non-hydrogen) atoms. The van der Waals surface area contributed by atoms with Crippen LogP contribution in [0.3, 0.4) is 0 Å². The molecule has 1 amide bonds. The number of aryl methyl sites for hydroxylation is 1. The Morgan fingerprint density at radius 1 is 1.07 bits per heavy atom. The molecule has 1 N–H and O–H groups in total. The van der Waals surface area contributed by atoms with Gasteiger partial charge in [-0.25, -0.2) is 4.79 Å². The molecule has 0 saturated heterocycles. The van der Waals surface area contributed by atoms with Crippen molar-refractivity contribution in [2.75, 3.05) is 13.7 Å². The Balaban J connectivity index is 1.91. The van der Waals surface area contributed by atoms with E-state index in [0.29, 0.717) is 12.2 Å². The van der Waals surface area contributed by atoms with Gasteiger partial charge in [0.15, 0.2) is 12.4 Å². The van der Waals surface area contributed by atoms with E-state index in [2.05, 4.69) is 5.32 Å². The summed E-state index contributed by atoms with van der Waals surface area (Å²) in [5, 5.41) is 2.61. The van der Waals surface area contributed by atoms with Crippen LogP contribution in [0.5, 0.6) is 5.75 Å². The van der Waals surface area contributed by atoms with Gasteiger partial charge in [0.1, 0.15) is 5.75 Å². The van der Waals surface area contributed by atoms with Crippen molar-refractivity contribution in [3.05, 3.63) is 65.2 Å². The quantitative estimate of drug-likeness (QED) is 0.723. The zero-order chi connectivity index (χ0) is 19.8. The summed E-state index contributed by atoms with van der Waals surface area (Å²) in [5.41, 5.74) is 2.11. The Labute approximate surface area is 158 Å². The van der Waals surface area contributed by atoms with Crippen molar-refractivity contribution in [3.8, 4) is 5.75 Å². The number of esters is 1. The zero-order valence-electron chi connectivity index (χ0n) is 15.7. The Kier molecular flexibility index (Phi) is 7.11. The van der Waals surface area contributed by atoms with Crippen LogP contribution < -0.4 is 10.1 Å². The molecule has 0 heterocycles. The maximum absolute atomic E-state index is 12.1. The van der Waals surface area contributed by atoms with Crippen molar-refractivity contribution in [2.45, 2.75) is 26.3 Å². The van der Waals surface area contributed by atoms with Gasteiger partial charge >= 0.3 is 5.97 Å². The normalized spacial score (nSPS) is 11.4. The summed E-state index contributed by atoms with van der Waals surface area (Å²) in [7, 11) is 1.51. The molecule has 2 aromatic rings. The molecule has 2 rings (SSSR count). The number of hydrogen-bond donors (Lipinski definition) is 1. The highest BCUT2D eigenvalue weighted by atomic mass is 16.5. The summed E-state index contributed by atoms with van der Waals surface area (Å²) in [6.07, 6.45) is 0.380. The molecular formula is C21H23NO5. The number of nitrogens with one attached hydrogen (secondary N) is 1. The largest absolute Gasteiger partial charge is 0.496 e. The Morgan fingerprint density at radius 3 is 2.41 bits per heavy atom. The first-order valence-electron chi connectivity index (χ1n) is 8.56. The molecule has 0 unspecified atom stereocenters. The Hall–Kier alpha value is -3.15. The number of ether oxygens (including phenoxy) is 2. The van der Waals surface area contributed by atoms with E-state index in [9.17, 15) is 14.4 Å². The lowest BCUT2D eigenvalue weighted by atomic mass is 10.0. The second kappa shape index (κ2) is 9.52. The highest BCUT2D eigenvalue weighted by Crippen LogP contribution is 2.19. The van der Waals surface area contributed by atoms with Crippen LogP contribution in [0.15, 0.2) is 48.5 Å². The standard InChI is InChI=1S/C21H23NO5/c1-14-9-10-17(12-19(14)26-3)21(25)27-13-20(24)22-18(15(2)23)11-16-7-5-4-6-8-16/h4-10,12,18H,11,13H2,1-3H3,(H,22,24)/t18-/m1/s1. The predicted molar refractivity (Wildman–Crippen MR) is 101 cm³/mol. The fraction of sp³-hybridized carbons (Fsp3) is 0.286. The van der Waals surface area contributed by atoms with Crippen LogP contribution in [0, 0.1) is 6.92 Å². The van der Waals surface area contributed by atoms with Gasteiger partial charge in [0.25, 0.3) is 5.91 Å². The Bertz CT molecular complexity index is 817. The van der Waals surface area contributed by atoms with Crippen LogP contribution in [-0.2, 0) is 20.7 Å². The third-order valence-electron chi connectivity index (χ3n) is 4.09. The first kappa shape index (κ1) is 20.2. The monoisotopic (exact) mass is 369 g/mol. The number of amides is 1. The Morgan fingerprint density at radius 2 is 1.78 bits per heavy atom. The maximum atomic E-state index is 12.1. The van der Waals surface area contributed by atoms with Crippen molar-refractivity contribution >= 4 is 17.7 Å². The molecule has 2 aromatic carbocycles. The minimum atomic E-state index is -0.668. The van der Waals surface area contributed by atoms with E-state index >= 15 is 0 Å². The molecule has 0 radical (unpaired) electrons. The number of carbonyl (C=O) groups excluding carboxylic acids is 3. The van der Waals surface area contributed by atoms with Gasteiger partial charge in [0.05, 0.1) is 18.7 Å². The van der Waals surface area contributed by atoms with Gasteiger partial charge < -0.3 is 14.8 Å². The summed E-state index contributed by atoms with van der Waals surface area (Å²) < 4.78 is 10.2. The van der Waals surface area contributed by atoms with E-state index in [1.54, 1.807) is 18.2 Å². The van der Waals surface area contributed by atoms with E-state index in [1.807, 2.05) is 37.3 Å². The number of Topliss-reactive ketones (excluding diaryl/α,β-unsaturated/α-hetero) is 1. The molecule has 0 fully saturated rings. The van der Waals surface area contributed by atoms with Crippen molar-refractivity contribution in [2.24, 2.45) is 0 Å². The highest BCUT2D eigenvalue weighted by Gasteiger charge is 2.19. The van der Waals surface area contributed by atoms with Gasteiger partial charge in [0.2, 0.25) is 0 Å². The molecule has 0 aliphatic rings. The van der Waals surface area contributed by atoms with Gasteiger partial charge in [-0.05, 0) is 43.5 Å². The molecule has 1 atom stereocenters. The molecule has 0 aliphatic carbocycles. The highest BCUT2D eigenvalue weighted by molar-refractivity contribution is 5.93. The molecule has 6 heteroatoms. The number of carbonyl (C=O) groups is 3. The summed E-state index contributed by atoms with van der Waals surface area (Å²) >= 11 is 0. The van der Waals surface area contributed by atoms with Crippen molar-refractivity contribution < 1.29 is 23.9 Å². The van der Waals surface area contributed by atoms with Crippen LogP contribution in [0.4, 0.5) is 0 Å². The van der Waals surface area contributed by atoms with E-state index < -0.39 is 24.5 Å². The van der Waals surface area contributed by atoms with Crippen LogP contribution in [0.2, 0.25) is 0 Å². The minimum absolute atomic E-state index is 0.165. The van der Waals surface area contributed by atoms with Gasteiger partial charge in [-0.2, -0.15) is 0 Å². The van der Waals surface area contributed by atoms with Gasteiger partial charge in [0, 0.05) is 0 Å². The first-order valence-corrected chi connectivity index (χ1v) is 8.56. The fourth-order valence-electron chi connectivity index (χ4n) is 2.54. The lowest BCUT2D eigenvalue weighted by molar-refractivity contribution is -0.128. The second-order valence-electron chi connectivity index (χ2n) is 6.18. The van der Waals surface area contributed by atoms with Crippen LogP contribution in [0.25, 0.3) is 0 Å². The maximum Gasteiger partial charge on any atom is 0.338 e. The average molecular weight is 369 g/mol. The number of methoxy groups -OCH3 is 1. The average Bonchev–Trinajstić information content (AvgIpc) is 2.66.